The summed E-state index contributed by atoms with van der Waals surface area (Å²) in [4.78, 5) is 11.5. The molecule has 1 N–H and O–H groups in total. The van der Waals surface area contributed by atoms with Gasteiger partial charge in [0, 0.05) is 31.5 Å². The Kier molecular flexibility index (Phi) is 7.13. The van der Waals surface area contributed by atoms with Crippen LogP contribution in [0.25, 0.3) is 0 Å². The Morgan fingerprint density at radius 2 is 1.80 bits per heavy atom. The molecule has 0 fully saturated rings. The van der Waals surface area contributed by atoms with Crippen LogP contribution in [0.1, 0.15) is 27.7 Å². The summed E-state index contributed by atoms with van der Waals surface area (Å²) in [6.45, 7) is 5.90. The van der Waals surface area contributed by atoms with Gasteiger partial charge in [-0.2, -0.15) is 0 Å². The fraction of sp³-hybridized carbons (Fsp3) is 1.00. The molecule has 0 aliphatic carbocycles. The van der Waals surface area contributed by atoms with Crippen LogP contribution in [-0.2, 0) is 9.09 Å². The molecule has 0 bridgehead atoms. The molecule has 0 aliphatic rings. The summed E-state index contributed by atoms with van der Waals surface area (Å²) >= 11 is 0.989. The predicted octanol–water partition coefficient (Wildman–Crippen LogP) is 2.59. The second-order valence-corrected chi connectivity index (χ2v) is 8.04. The highest BCUT2D eigenvalue weighted by Gasteiger charge is 2.19. The van der Waals surface area contributed by atoms with Gasteiger partial charge in [-0.25, -0.2) is 4.57 Å². The van der Waals surface area contributed by atoms with E-state index < -0.39 is 6.80 Å². The Morgan fingerprint density at radius 1 is 1.33 bits per heavy atom. The van der Waals surface area contributed by atoms with Crippen LogP contribution in [-0.4, -0.2) is 41.3 Å². The Morgan fingerprint density at radius 3 is 2.13 bits per heavy atom. The van der Waals surface area contributed by atoms with Crippen molar-refractivity contribution in [3.63, 3.8) is 0 Å². The van der Waals surface area contributed by atoms with Crippen LogP contribution in [0.2, 0.25) is 0 Å². The summed E-state index contributed by atoms with van der Waals surface area (Å²) < 4.78 is 15.7. The summed E-state index contributed by atoms with van der Waals surface area (Å²) in [7, 11) is 1.26. The monoisotopic (exact) mass is 255 g/mol. The summed E-state index contributed by atoms with van der Waals surface area (Å²) in [6, 6.07) is 0.900. The van der Waals surface area contributed by atoms with Crippen LogP contribution in [0.3, 0.4) is 0 Å². The molecule has 0 saturated carbocycles. The van der Waals surface area contributed by atoms with Crippen molar-refractivity contribution in [2.75, 3.05) is 19.4 Å². The molecule has 0 spiro atoms. The molecule has 0 aliphatic heterocycles. The van der Waals surface area contributed by atoms with E-state index in [1.165, 1.54) is 7.11 Å². The molecule has 15 heavy (non-hydrogen) atoms. The topological polar surface area (TPSA) is 49.8 Å². The zero-order valence-electron chi connectivity index (χ0n) is 10.1. The van der Waals surface area contributed by atoms with E-state index in [1.54, 1.807) is 0 Å². The third kappa shape index (κ3) is 6.59. The summed E-state index contributed by atoms with van der Waals surface area (Å²) in [6.07, 6.45) is 0. The lowest BCUT2D eigenvalue weighted by molar-refractivity contribution is 0.187. The smallest absolute Gasteiger partial charge is 0.316 e. The van der Waals surface area contributed by atoms with Crippen molar-refractivity contribution in [2.24, 2.45) is 0 Å². The fourth-order valence-electron chi connectivity index (χ4n) is 1.43. The van der Waals surface area contributed by atoms with Crippen molar-refractivity contribution >= 4 is 18.2 Å². The highest BCUT2D eigenvalue weighted by molar-refractivity contribution is 8.54. The Bertz CT molecular complexity index is 215. The predicted molar refractivity (Wildman–Crippen MR) is 66.3 cm³/mol. The molecule has 1 atom stereocenters. The minimum Gasteiger partial charge on any atom is -0.316 e. The van der Waals surface area contributed by atoms with Crippen LogP contribution >= 0.6 is 18.2 Å². The van der Waals surface area contributed by atoms with E-state index in [0.717, 1.165) is 17.9 Å². The summed E-state index contributed by atoms with van der Waals surface area (Å²) in [5.74, 6) is 0.609. The zero-order valence-corrected chi connectivity index (χ0v) is 11.8. The van der Waals surface area contributed by atoms with Gasteiger partial charge < -0.3 is 9.42 Å². The second-order valence-electron chi connectivity index (χ2n) is 3.91. The first kappa shape index (κ1) is 15.5. The van der Waals surface area contributed by atoms with Crippen LogP contribution < -0.4 is 0 Å². The first-order valence-corrected chi connectivity index (χ1v) is 8.25. The average molecular weight is 255 g/mol. The molecule has 92 valence electrons. The van der Waals surface area contributed by atoms with Crippen LogP contribution in [0.5, 0.6) is 0 Å². The van der Waals surface area contributed by atoms with Gasteiger partial charge >= 0.3 is 6.80 Å². The van der Waals surface area contributed by atoms with Gasteiger partial charge in [0.2, 0.25) is 0 Å². The third-order valence-corrected chi connectivity index (χ3v) is 5.29. The maximum atomic E-state index is 11.2. The van der Waals surface area contributed by atoms with Crippen molar-refractivity contribution in [1.82, 2.24) is 4.90 Å². The average Bonchev–Trinajstić information content (AvgIpc) is 2.11. The van der Waals surface area contributed by atoms with Gasteiger partial charge in [0.25, 0.3) is 0 Å². The van der Waals surface area contributed by atoms with Gasteiger partial charge in [-0.05, 0) is 39.1 Å². The molecule has 6 heteroatoms. The highest BCUT2D eigenvalue weighted by atomic mass is 32.7. The lowest BCUT2D eigenvalue weighted by Gasteiger charge is -2.30. The molecule has 0 heterocycles. The number of hydrogen-bond donors (Lipinski definition) is 1. The standard InChI is InChI=1S/C9H22NO3PS/c1-8(2)10(9(3)4)6-7-15-14(11,12)13-5/h8-9H,6-7H2,1-5H3,(H,11,12). The maximum absolute atomic E-state index is 11.2. The van der Waals surface area contributed by atoms with E-state index in [0.29, 0.717) is 17.8 Å². The van der Waals surface area contributed by atoms with Gasteiger partial charge in [-0.15, -0.1) is 0 Å². The SMILES string of the molecule is COP(=O)(O)SCCN(C(C)C)C(C)C. The molecule has 0 radical (unpaired) electrons. The van der Waals surface area contributed by atoms with Crippen molar-refractivity contribution < 1.29 is 14.0 Å². The Labute approximate surface area is 96.7 Å². The largest absolute Gasteiger partial charge is 0.386 e. The van der Waals surface area contributed by atoms with Crippen molar-refractivity contribution in [3.05, 3.63) is 0 Å². The molecule has 0 aromatic carbocycles. The first-order chi connectivity index (χ1) is 6.80. The minimum absolute atomic E-state index is 0.450. The van der Waals surface area contributed by atoms with Gasteiger partial charge in [-0.1, -0.05) is 0 Å². The lowest BCUT2D eigenvalue weighted by Crippen LogP contribution is -2.38. The van der Waals surface area contributed by atoms with Gasteiger partial charge in [0.15, 0.2) is 0 Å². The lowest BCUT2D eigenvalue weighted by atomic mass is 10.2. The molecule has 1 unspecified atom stereocenters. The van der Waals surface area contributed by atoms with E-state index >= 15 is 0 Å². The van der Waals surface area contributed by atoms with E-state index in [1.807, 2.05) is 0 Å². The number of nitrogens with zero attached hydrogens (tertiary/aromatic N) is 1. The quantitative estimate of drug-likeness (QED) is 0.709. The molecular formula is C9H22NO3PS. The highest BCUT2D eigenvalue weighted by Crippen LogP contribution is 2.54. The Balaban J connectivity index is 3.97. The van der Waals surface area contributed by atoms with Gasteiger partial charge in [0.05, 0.1) is 0 Å². The minimum atomic E-state index is -3.40. The molecule has 0 aromatic rings. The molecule has 0 amide bonds. The first-order valence-electron chi connectivity index (χ1n) is 5.09. The van der Waals surface area contributed by atoms with Crippen molar-refractivity contribution in [1.29, 1.82) is 0 Å². The van der Waals surface area contributed by atoms with E-state index in [2.05, 4.69) is 37.1 Å². The van der Waals surface area contributed by atoms with Crippen LogP contribution in [0.4, 0.5) is 0 Å². The molecular weight excluding hydrogens is 233 g/mol. The summed E-state index contributed by atoms with van der Waals surface area (Å²) in [5, 5.41) is 0. The molecule has 0 aromatic heterocycles. The van der Waals surface area contributed by atoms with Crippen LogP contribution in [0.15, 0.2) is 0 Å². The van der Waals surface area contributed by atoms with Gasteiger partial charge in [-0.3, -0.25) is 4.90 Å². The van der Waals surface area contributed by atoms with Crippen LogP contribution in [0, 0.1) is 0 Å². The summed E-state index contributed by atoms with van der Waals surface area (Å²) in [5.41, 5.74) is 0. The number of rotatable bonds is 7. The van der Waals surface area contributed by atoms with Crippen molar-refractivity contribution in [3.8, 4) is 0 Å². The van der Waals surface area contributed by atoms with E-state index in [9.17, 15) is 9.46 Å². The van der Waals surface area contributed by atoms with Crippen molar-refractivity contribution in [2.45, 2.75) is 39.8 Å². The molecule has 4 nitrogen and oxygen atoms in total. The normalized spacial score (nSPS) is 16.3. The molecule has 0 rings (SSSR count). The van der Waals surface area contributed by atoms with Gasteiger partial charge in [0.1, 0.15) is 0 Å². The fourth-order valence-corrected chi connectivity index (χ4v) is 3.31. The third-order valence-electron chi connectivity index (χ3n) is 2.16. The second kappa shape index (κ2) is 6.92. The maximum Gasteiger partial charge on any atom is 0.386 e. The zero-order chi connectivity index (χ0) is 12.1. The number of hydrogen-bond acceptors (Lipinski definition) is 4. The van der Waals surface area contributed by atoms with E-state index in [-0.39, 0.29) is 0 Å². The molecule has 0 saturated heterocycles. The van der Waals surface area contributed by atoms with E-state index in [4.69, 9.17) is 0 Å². The Hall–Kier alpha value is 0.460.